The van der Waals surface area contributed by atoms with Gasteiger partial charge in [-0.15, -0.1) is 0 Å². The molecule has 1 aromatic rings. The summed E-state index contributed by atoms with van der Waals surface area (Å²) < 4.78 is 28.1. The molecule has 0 saturated heterocycles. The summed E-state index contributed by atoms with van der Waals surface area (Å²) in [6, 6.07) is 4.44. The van der Waals surface area contributed by atoms with E-state index in [1.807, 2.05) is 0 Å². The Hall–Kier alpha value is -1.43. The van der Waals surface area contributed by atoms with E-state index in [2.05, 4.69) is 6.92 Å². The van der Waals surface area contributed by atoms with E-state index < -0.39 is 17.2 Å². The standard InChI is InChI=1S/C29H41F2N/c1-2-3-4-5-6-20-7-8-25-16-24(14-13-23(25)15-20)21-9-11-22(12-10-21)26-17-28(30)27(19-32)29(31)18-26/h17-18,20-25H,2-16H2,1H3. The highest BCUT2D eigenvalue weighted by molar-refractivity contribution is 5.36. The van der Waals surface area contributed by atoms with Crippen LogP contribution in [0.15, 0.2) is 12.1 Å². The molecular formula is C29H41F2N. The molecule has 3 fully saturated rings. The summed E-state index contributed by atoms with van der Waals surface area (Å²) >= 11 is 0. The SMILES string of the molecule is CCCCCCC1CCC2CC(C3CCC(c4cc(F)c(C#N)c(F)c4)CC3)CCC2C1. The molecule has 3 aliphatic carbocycles. The van der Waals surface area contributed by atoms with E-state index in [4.69, 9.17) is 5.26 Å². The van der Waals surface area contributed by atoms with Crippen molar-refractivity contribution in [1.29, 1.82) is 5.26 Å². The van der Waals surface area contributed by atoms with Gasteiger partial charge in [0.2, 0.25) is 0 Å². The van der Waals surface area contributed by atoms with Gasteiger partial charge in [0.15, 0.2) is 0 Å². The summed E-state index contributed by atoms with van der Waals surface area (Å²) in [6.45, 7) is 2.29. The Morgan fingerprint density at radius 1 is 0.781 bits per heavy atom. The maximum atomic E-state index is 14.1. The minimum Gasteiger partial charge on any atom is -0.205 e. The fraction of sp³-hybridized carbons (Fsp3) is 0.759. The van der Waals surface area contributed by atoms with Gasteiger partial charge in [0.05, 0.1) is 0 Å². The van der Waals surface area contributed by atoms with Crippen LogP contribution in [-0.4, -0.2) is 0 Å². The van der Waals surface area contributed by atoms with Crippen molar-refractivity contribution in [2.45, 2.75) is 109 Å². The van der Waals surface area contributed by atoms with Gasteiger partial charge in [0.1, 0.15) is 23.3 Å². The Kier molecular flexibility index (Phi) is 8.25. The fourth-order valence-electron chi connectivity index (χ4n) is 7.43. The summed E-state index contributed by atoms with van der Waals surface area (Å²) in [6.07, 6.45) is 20.2. The quantitative estimate of drug-likeness (QED) is 0.387. The molecule has 4 rings (SSSR count). The first-order valence-corrected chi connectivity index (χ1v) is 13.5. The van der Waals surface area contributed by atoms with Gasteiger partial charge in [-0.05, 0) is 111 Å². The van der Waals surface area contributed by atoms with Crippen LogP contribution < -0.4 is 0 Å². The first-order chi connectivity index (χ1) is 15.6. The van der Waals surface area contributed by atoms with Gasteiger partial charge in [-0.1, -0.05) is 45.4 Å². The maximum Gasteiger partial charge on any atom is 0.144 e. The Morgan fingerprint density at radius 3 is 2.03 bits per heavy atom. The number of nitrogens with zero attached hydrogens (tertiary/aromatic N) is 1. The second kappa shape index (κ2) is 11.1. The predicted molar refractivity (Wildman–Crippen MR) is 126 cm³/mol. The molecule has 0 spiro atoms. The minimum atomic E-state index is -0.705. The molecule has 0 amide bonds. The van der Waals surface area contributed by atoms with Gasteiger partial charge in [-0.2, -0.15) is 5.26 Å². The lowest BCUT2D eigenvalue weighted by Gasteiger charge is -2.45. The van der Waals surface area contributed by atoms with Crippen LogP contribution in [0.1, 0.15) is 120 Å². The Labute approximate surface area is 194 Å². The van der Waals surface area contributed by atoms with E-state index >= 15 is 0 Å². The molecule has 0 N–H and O–H groups in total. The minimum absolute atomic E-state index is 0.238. The van der Waals surface area contributed by atoms with Crippen LogP contribution in [0.3, 0.4) is 0 Å². The Morgan fingerprint density at radius 2 is 1.38 bits per heavy atom. The first-order valence-electron chi connectivity index (χ1n) is 13.5. The van der Waals surface area contributed by atoms with E-state index in [0.717, 1.165) is 48.0 Å². The molecule has 0 heterocycles. The van der Waals surface area contributed by atoms with Crippen molar-refractivity contribution in [3.8, 4) is 6.07 Å². The lowest BCUT2D eigenvalue weighted by atomic mass is 9.60. The molecule has 4 unspecified atom stereocenters. The van der Waals surface area contributed by atoms with Gasteiger partial charge < -0.3 is 0 Å². The van der Waals surface area contributed by atoms with E-state index in [-0.39, 0.29) is 5.92 Å². The topological polar surface area (TPSA) is 23.8 Å². The monoisotopic (exact) mass is 441 g/mol. The second-order valence-electron chi connectivity index (χ2n) is 11.2. The molecule has 1 aromatic carbocycles. The molecule has 3 saturated carbocycles. The summed E-state index contributed by atoms with van der Waals surface area (Å²) in [5.41, 5.74) is 0.299. The highest BCUT2D eigenvalue weighted by Gasteiger charge is 2.38. The van der Waals surface area contributed by atoms with E-state index in [0.29, 0.717) is 0 Å². The first kappa shape index (κ1) is 23.7. The number of hydrogen-bond donors (Lipinski definition) is 0. The number of rotatable bonds is 7. The van der Waals surface area contributed by atoms with Crippen molar-refractivity contribution < 1.29 is 8.78 Å². The molecule has 0 aromatic heterocycles. The highest BCUT2D eigenvalue weighted by Crippen LogP contribution is 2.50. The van der Waals surface area contributed by atoms with Crippen molar-refractivity contribution in [2.24, 2.45) is 29.6 Å². The van der Waals surface area contributed by atoms with Crippen molar-refractivity contribution >= 4 is 0 Å². The van der Waals surface area contributed by atoms with Crippen molar-refractivity contribution in [1.82, 2.24) is 0 Å². The fourth-order valence-corrected chi connectivity index (χ4v) is 7.43. The van der Waals surface area contributed by atoms with Crippen molar-refractivity contribution in [3.63, 3.8) is 0 Å². The van der Waals surface area contributed by atoms with Crippen LogP contribution in [-0.2, 0) is 0 Å². The Bertz CT molecular complexity index is 766. The van der Waals surface area contributed by atoms with Crippen LogP contribution in [0.25, 0.3) is 0 Å². The van der Waals surface area contributed by atoms with E-state index in [1.165, 1.54) is 95.6 Å². The molecule has 0 aliphatic heterocycles. The van der Waals surface area contributed by atoms with Gasteiger partial charge in [0, 0.05) is 0 Å². The lowest BCUT2D eigenvalue weighted by molar-refractivity contribution is 0.0613. The summed E-state index contributed by atoms with van der Waals surface area (Å²) in [4.78, 5) is 0. The number of fused-ring (bicyclic) bond motifs is 1. The normalized spacial score (nSPS) is 32.8. The third kappa shape index (κ3) is 5.55. The Balaban J connectivity index is 1.24. The molecule has 0 radical (unpaired) electrons. The van der Waals surface area contributed by atoms with E-state index in [1.54, 1.807) is 6.07 Å². The zero-order valence-electron chi connectivity index (χ0n) is 19.9. The summed E-state index contributed by atoms with van der Waals surface area (Å²) in [7, 11) is 0. The van der Waals surface area contributed by atoms with E-state index in [9.17, 15) is 8.78 Å². The van der Waals surface area contributed by atoms with Crippen LogP contribution in [0.4, 0.5) is 8.78 Å². The third-order valence-electron chi connectivity index (χ3n) is 9.31. The zero-order chi connectivity index (χ0) is 22.5. The number of unbranched alkanes of at least 4 members (excludes halogenated alkanes) is 3. The van der Waals surface area contributed by atoms with Crippen LogP contribution in [0, 0.1) is 52.6 Å². The van der Waals surface area contributed by atoms with Gasteiger partial charge >= 0.3 is 0 Å². The second-order valence-corrected chi connectivity index (χ2v) is 11.2. The molecular weight excluding hydrogens is 400 g/mol. The zero-order valence-corrected chi connectivity index (χ0v) is 19.9. The smallest absolute Gasteiger partial charge is 0.144 e. The molecule has 176 valence electrons. The molecule has 3 aliphatic rings. The van der Waals surface area contributed by atoms with Gasteiger partial charge in [-0.25, -0.2) is 8.78 Å². The largest absolute Gasteiger partial charge is 0.205 e. The number of nitriles is 1. The van der Waals surface area contributed by atoms with Gasteiger partial charge in [0.25, 0.3) is 0 Å². The third-order valence-corrected chi connectivity index (χ3v) is 9.31. The highest BCUT2D eigenvalue weighted by atomic mass is 19.1. The molecule has 3 heteroatoms. The van der Waals surface area contributed by atoms with Crippen LogP contribution in [0.2, 0.25) is 0 Å². The predicted octanol–water partition coefficient (Wildman–Crippen LogP) is 8.91. The molecule has 0 bridgehead atoms. The molecule has 4 atom stereocenters. The average molecular weight is 442 g/mol. The maximum absolute atomic E-state index is 14.1. The summed E-state index contributed by atoms with van der Waals surface area (Å²) in [5, 5.41) is 8.90. The van der Waals surface area contributed by atoms with Crippen molar-refractivity contribution in [3.05, 3.63) is 34.9 Å². The number of halogens is 2. The molecule has 32 heavy (non-hydrogen) atoms. The molecule has 1 nitrogen and oxygen atoms in total. The van der Waals surface area contributed by atoms with Crippen molar-refractivity contribution in [2.75, 3.05) is 0 Å². The summed E-state index contributed by atoms with van der Waals surface area (Å²) in [5.74, 6) is 3.43. The van der Waals surface area contributed by atoms with Crippen LogP contribution >= 0.6 is 0 Å². The average Bonchev–Trinajstić information content (AvgIpc) is 2.81. The lowest BCUT2D eigenvalue weighted by Crippen LogP contribution is -2.34. The number of hydrogen-bond acceptors (Lipinski definition) is 1. The van der Waals surface area contributed by atoms with Crippen LogP contribution in [0.5, 0.6) is 0 Å². The number of benzene rings is 1. The van der Waals surface area contributed by atoms with Gasteiger partial charge in [-0.3, -0.25) is 0 Å².